The Morgan fingerprint density at radius 2 is 1.59 bits per heavy atom. The Morgan fingerprint density at radius 1 is 0.906 bits per heavy atom. The summed E-state index contributed by atoms with van der Waals surface area (Å²) in [6, 6.07) is 16.5. The van der Waals surface area contributed by atoms with Crippen LogP contribution in [0.3, 0.4) is 0 Å². The van der Waals surface area contributed by atoms with Crippen molar-refractivity contribution in [3.05, 3.63) is 54.1 Å². The fourth-order valence-electron chi connectivity index (χ4n) is 4.52. The average Bonchev–Trinajstić information content (AvgIpc) is 2.83. The van der Waals surface area contributed by atoms with Crippen molar-refractivity contribution in [2.75, 3.05) is 44.5 Å². The number of anilines is 2. The lowest BCUT2D eigenvalue weighted by Crippen LogP contribution is -2.28. The van der Waals surface area contributed by atoms with Crippen molar-refractivity contribution in [3.63, 3.8) is 0 Å². The molecule has 4 rings (SSSR count). The highest BCUT2D eigenvalue weighted by atomic mass is 16.5. The summed E-state index contributed by atoms with van der Waals surface area (Å²) in [4.78, 5) is 11.6. The predicted molar refractivity (Wildman–Crippen MR) is 133 cm³/mol. The highest BCUT2D eigenvalue weighted by molar-refractivity contribution is 5.90. The molecule has 170 valence electrons. The van der Waals surface area contributed by atoms with Gasteiger partial charge in [-0.25, -0.2) is 4.98 Å². The molecule has 0 radical (unpaired) electrons. The Labute approximate surface area is 191 Å². The normalized spacial score (nSPS) is 18.5. The molecule has 1 aliphatic carbocycles. The van der Waals surface area contributed by atoms with Gasteiger partial charge in [-0.1, -0.05) is 24.3 Å². The van der Waals surface area contributed by atoms with Gasteiger partial charge in [0.1, 0.15) is 11.6 Å². The van der Waals surface area contributed by atoms with Crippen LogP contribution in [0.2, 0.25) is 0 Å². The second-order valence-corrected chi connectivity index (χ2v) is 9.03. The van der Waals surface area contributed by atoms with Gasteiger partial charge in [-0.2, -0.15) is 4.98 Å². The third-order valence-corrected chi connectivity index (χ3v) is 6.44. The molecule has 3 aromatic rings. The third kappa shape index (κ3) is 5.68. The summed E-state index contributed by atoms with van der Waals surface area (Å²) >= 11 is 0. The van der Waals surface area contributed by atoms with E-state index in [0.717, 1.165) is 54.0 Å². The number of aromatic nitrogens is 2. The second kappa shape index (κ2) is 10.6. The van der Waals surface area contributed by atoms with Gasteiger partial charge >= 0.3 is 0 Å². The number of hydrogen-bond donors (Lipinski definition) is 2. The molecule has 6 heteroatoms. The highest BCUT2D eigenvalue weighted by Gasteiger charge is 2.21. The molecule has 1 saturated carbocycles. The third-order valence-electron chi connectivity index (χ3n) is 6.44. The predicted octanol–water partition coefficient (Wildman–Crippen LogP) is 4.71. The molecule has 0 spiro atoms. The molecule has 0 saturated heterocycles. The number of fused-ring (bicyclic) bond motifs is 1. The van der Waals surface area contributed by atoms with Crippen LogP contribution >= 0.6 is 0 Å². The van der Waals surface area contributed by atoms with Gasteiger partial charge in [0.15, 0.2) is 0 Å². The summed E-state index contributed by atoms with van der Waals surface area (Å²) in [7, 11) is 5.76. The van der Waals surface area contributed by atoms with E-state index in [4.69, 9.17) is 14.7 Å². The van der Waals surface area contributed by atoms with Crippen molar-refractivity contribution in [2.24, 2.45) is 11.8 Å². The van der Waals surface area contributed by atoms with Crippen LogP contribution in [0.15, 0.2) is 48.5 Å². The van der Waals surface area contributed by atoms with Crippen LogP contribution in [0, 0.1) is 11.8 Å². The topological polar surface area (TPSA) is 62.3 Å². The van der Waals surface area contributed by atoms with Crippen molar-refractivity contribution in [3.8, 4) is 5.75 Å². The van der Waals surface area contributed by atoms with E-state index in [-0.39, 0.29) is 0 Å². The lowest BCUT2D eigenvalue weighted by molar-refractivity contribution is 0.275. The van der Waals surface area contributed by atoms with E-state index < -0.39 is 0 Å². The molecule has 1 aliphatic rings. The average molecular weight is 434 g/mol. The SMILES string of the molecule is COc1ccc(CNCC2CCC(CNc3nc(N(C)C)c4ccccc4n3)CC2)cc1. The van der Waals surface area contributed by atoms with Crippen LogP contribution in [0.1, 0.15) is 31.2 Å². The lowest BCUT2D eigenvalue weighted by Gasteiger charge is -2.29. The number of hydrogen-bond acceptors (Lipinski definition) is 6. The first-order valence-electron chi connectivity index (χ1n) is 11.6. The summed E-state index contributed by atoms with van der Waals surface area (Å²) in [5.74, 6) is 4.06. The van der Waals surface area contributed by atoms with Crippen molar-refractivity contribution >= 4 is 22.7 Å². The van der Waals surface area contributed by atoms with Crippen LogP contribution in [0.25, 0.3) is 10.9 Å². The first-order chi connectivity index (χ1) is 15.6. The van der Waals surface area contributed by atoms with Crippen molar-refractivity contribution in [1.82, 2.24) is 15.3 Å². The maximum atomic E-state index is 5.23. The first kappa shape index (κ1) is 22.3. The molecule has 2 N–H and O–H groups in total. The van der Waals surface area contributed by atoms with E-state index in [0.29, 0.717) is 5.92 Å². The summed E-state index contributed by atoms with van der Waals surface area (Å²) in [6.07, 6.45) is 5.08. The standard InChI is InChI=1S/C26H35N5O/c1-31(2)25-23-6-4-5-7-24(23)29-26(30-25)28-18-21-10-8-19(9-11-21)16-27-17-20-12-14-22(32-3)15-13-20/h4-7,12-15,19,21,27H,8-11,16-18H2,1-3H3,(H,28,29,30). The number of methoxy groups -OCH3 is 1. The summed E-state index contributed by atoms with van der Waals surface area (Å²) in [5, 5.41) is 8.24. The molecule has 32 heavy (non-hydrogen) atoms. The number of nitrogens with one attached hydrogen (secondary N) is 2. The van der Waals surface area contributed by atoms with Crippen LogP contribution < -0.4 is 20.3 Å². The Hall–Kier alpha value is -2.86. The Kier molecular flexibility index (Phi) is 7.43. The van der Waals surface area contributed by atoms with Gasteiger partial charge in [-0.15, -0.1) is 0 Å². The number of nitrogens with zero attached hydrogens (tertiary/aromatic N) is 3. The highest BCUT2D eigenvalue weighted by Crippen LogP contribution is 2.29. The summed E-state index contributed by atoms with van der Waals surface area (Å²) in [6.45, 7) is 2.95. The van der Waals surface area contributed by atoms with E-state index in [1.54, 1.807) is 7.11 Å². The first-order valence-corrected chi connectivity index (χ1v) is 11.6. The molecule has 0 aliphatic heterocycles. The van der Waals surface area contributed by atoms with Gasteiger partial charge in [-0.05, 0) is 73.9 Å². The van der Waals surface area contributed by atoms with Gasteiger partial charge in [-0.3, -0.25) is 0 Å². The molecular weight excluding hydrogens is 398 g/mol. The van der Waals surface area contributed by atoms with Gasteiger partial charge in [0.25, 0.3) is 0 Å². The minimum Gasteiger partial charge on any atom is -0.497 e. The fourth-order valence-corrected chi connectivity index (χ4v) is 4.52. The number of benzene rings is 2. The fraction of sp³-hybridized carbons (Fsp3) is 0.462. The Balaban J connectivity index is 1.22. The second-order valence-electron chi connectivity index (χ2n) is 9.03. The van der Waals surface area contributed by atoms with E-state index in [1.165, 1.54) is 31.2 Å². The lowest BCUT2D eigenvalue weighted by atomic mass is 9.82. The van der Waals surface area contributed by atoms with Crippen molar-refractivity contribution < 1.29 is 4.74 Å². The number of para-hydroxylation sites is 1. The molecular formula is C26H35N5O. The quantitative estimate of drug-likeness (QED) is 0.509. The van der Waals surface area contributed by atoms with Crippen molar-refractivity contribution in [2.45, 2.75) is 32.2 Å². The molecule has 1 aromatic heterocycles. The molecule has 1 fully saturated rings. The molecule has 0 atom stereocenters. The van der Waals surface area contributed by atoms with Crippen molar-refractivity contribution in [1.29, 1.82) is 0 Å². The Bertz CT molecular complexity index is 997. The molecule has 2 aromatic carbocycles. The Morgan fingerprint density at radius 3 is 2.28 bits per heavy atom. The zero-order chi connectivity index (χ0) is 22.3. The van der Waals surface area contributed by atoms with Crippen LogP contribution in [0.4, 0.5) is 11.8 Å². The molecule has 0 bridgehead atoms. The monoisotopic (exact) mass is 433 g/mol. The van der Waals surface area contributed by atoms with E-state index in [1.807, 2.05) is 38.4 Å². The van der Waals surface area contributed by atoms with Gasteiger partial charge in [0.2, 0.25) is 5.95 Å². The van der Waals surface area contributed by atoms with E-state index >= 15 is 0 Å². The van der Waals surface area contributed by atoms with E-state index in [9.17, 15) is 0 Å². The summed E-state index contributed by atoms with van der Waals surface area (Å²) in [5.41, 5.74) is 2.29. The van der Waals surface area contributed by atoms with Crippen LogP contribution in [-0.2, 0) is 6.54 Å². The molecule has 0 amide bonds. The smallest absolute Gasteiger partial charge is 0.225 e. The number of rotatable bonds is 9. The van der Waals surface area contributed by atoms with Gasteiger partial charge in [0.05, 0.1) is 12.6 Å². The zero-order valence-corrected chi connectivity index (χ0v) is 19.5. The number of ether oxygens (including phenoxy) is 1. The minimum atomic E-state index is 0.686. The minimum absolute atomic E-state index is 0.686. The summed E-state index contributed by atoms with van der Waals surface area (Å²) < 4.78 is 5.23. The molecule has 1 heterocycles. The zero-order valence-electron chi connectivity index (χ0n) is 19.5. The maximum absolute atomic E-state index is 5.23. The molecule has 6 nitrogen and oxygen atoms in total. The van der Waals surface area contributed by atoms with E-state index in [2.05, 4.69) is 39.8 Å². The maximum Gasteiger partial charge on any atom is 0.225 e. The van der Waals surface area contributed by atoms with Crippen LogP contribution in [-0.4, -0.2) is 44.3 Å². The van der Waals surface area contributed by atoms with Gasteiger partial charge in [0, 0.05) is 32.6 Å². The molecule has 0 unspecified atom stereocenters. The van der Waals surface area contributed by atoms with Gasteiger partial charge < -0.3 is 20.3 Å². The largest absolute Gasteiger partial charge is 0.497 e. The van der Waals surface area contributed by atoms with Crippen LogP contribution in [0.5, 0.6) is 5.75 Å².